The molecule has 0 radical (unpaired) electrons. The number of carbonyl (C=O) groups excluding carboxylic acids is 1. The largest absolute Gasteiger partial charge is 0.497 e. The molecule has 1 aliphatic carbocycles. The van der Waals surface area contributed by atoms with Crippen molar-refractivity contribution in [3.8, 4) is 22.8 Å². The number of halogens is 1. The van der Waals surface area contributed by atoms with E-state index in [1.54, 1.807) is 38.5 Å². The van der Waals surface area contributed by atoms with Gasteiger partial charge in [0.25, 0.3) is 5.91 Å². The Hall–Kier alpha value is -2.99. The summed E-state index contributed by atoms with van der Waals surface area (Å²) in [6.07, 6.45) is 1.99. The van der Waals surface area contributed by atoms with Gasteiger partial charge in [-0.25, -0.2) is 0 Å². The van der Waals surface area contributed by atoms with E-state index in [1.165, 1.54) is 0 Å². The summed E-state index contributed by atoms with van der Waals surface area (Å²) >= 11 is 5.94. The summed E-state index contributed by atoms with van der Waals surface area (Å²) in [5.41, 5.74) is 2.03. The Bertz CT molecular complexity index is 1010. The van der Waals surface area contributed by atoms with E-state index in [2.05, 4.69) is 5.16 Å². The van der Waals surface area contributed by atoms with Crippen LogP contribution in [0.4, 0.5) is 0 Å². The van der Waals surface area contributed by atoms with Crippen LogP contribution in [0, 0.1) is 0 Å². The molecule has 1 aromatic heterocycles. The minimum Gasteiger partial charge on any atom is -0.497 e. The van der Waals surface area contributed by atoms with Gasteiger partial charge in [-0.05, 0) is 55.3 Å². The molecule has 1 aliphatic rings. The third kappa shape index (κ3) is 4.22. The van der Waals surface area contributed by atoms with Crippen molar-refractivity contribution in [2.75, 3.05) is 14.2 Å². The topological polar surface area (TPSA) is 64.8 Å². The van der Waals surface area contributed by atoms with Gasteiger partial charge in [-0.3, -0.25) is 4.79 Å². The standard InChI is InChI=1S/C22H21ClN2O4/c1-27-18-9-10-20(28-2)19(12-18)21-11-16(24-29-21)13-25(17-7-8-17)22(26)14-3-5-15(23)6-4-14/h3-6,9-12,17H,7-8,13H2,1-2H3. The van der Waals surface area contributed by atoms with E-state index < -0.39 is 0 Å². The molecule has 150 valence electrons. The zero-order valence-corrected chi connectivity index (χ0v) is 17.0. The van der Waals surface area contributed by atoms with Gasteiger partial charge in [-0.1, -0.05) is 16.8 Å². The number of hydrogen-bond donors (Lipinski definition) is 0. The summed E-state index contributed by atoms with van der Waals surface area (Å²) in [6.45, 7) is 0.377. The van der Waals surface area contributed by atoms with Gasteiger partial charge in [0.2, 0.25) is 0 Å². The van der Waals surface area contributed by atoms with Crippen LogP contribution < -0.4 is 9.47 Å². The highest BCUT2D eigenvalue weighted by Gasteiger charge is 2.33. The van der Waals surface area contributed by atoms with Crippen molar-refractivity contribution in [1.29, 1.82) is 0 Å². The first kappa shape index (κ1) is 19.3. The Morgan fingerprint density at radius 2 is 1.90 bits per heavy atom. The molecule has 1 saturated carbocycles. The third-order valence-corrected chi connectivity index (χ3v) is 5.16. The fourth-order valence-corrected chi connectivity index (χ4v) is 3.33. The first-order chi connectivity index (χ1) is 14.1. The average molecular weight is 413 g/mol. The molecule has 7 heteroatoms. The van der Waals surface area contributed by atoms with Crippen LogP contribution in [0.1, 0.15) is 28.9 Å². The van der Waals surface area contributed by atoms with Crippen molar-refractivity contribution in [3.63, 3.8) is 0 Å². The predicted octanol–water partition coefficient (Wildman–Crippen LogP) is 4.82. The van der Waals surface area contributed by atoms with Crippen LogP contribution in [-0.2, 0) is 6.54 Å². The minimum atomic E-state index is -0.0346. The van der Waals surface area contributed by atoms with Crippen molar-refractivity contribution in [2.45, 2.75) is 25.4 Å². The molecule has 0 spiro atoms. The number of aromatic nitrogens is 1. The molecule has 2 aromatic carbocycles. The van der Waals surface area contributed by atoms with Crippen LogP contribution >= 0.6 is 11.6 Å². The van der Waals surface area contributed by atoms with Gasteiger partial charge in [-0.2, -0.15) is 0 Å². The first-order valence-corrected chi connectivity index (χ1v) is 9.71. The molecule has 6 nitrogen and oxygen atoms in total. The molecule has 0 N–H and O–H groups in total. The lowest BCUT2D eigenvalue weighted by Crippen LogP contribution is -2.32. The van der Waals surface area contributed by atoms with Crippen LogP contribution in [0.2, 0.25) is 5.02 Å². The smallest absolute Gasteiger partial charge is 0.254 e. The Balaban J connectivity index is 1.57. The van der Waals surface area contributed by atoms with Gasteiger partial charge in [0.05, 0.1) is 26.3 Å². The molecule has 0 aliphatic heterocycles. The van der Waals surface area contributed by atoms with E-state index in [0.29, 0.717) is 40.1 Å². The lowest BCUT2D eigenvalue weighted by molar-refractivity contribution is 0.0726. The SMILES string of the molecule is COc1ccc(OC)c(-c2cc(CN(C(=O)c3ccc(Cl)cc3)C3CC3)no2)c1. The highest BCUT2D eigenvalue weighted by Crippen LogP contribution is 2.35. The normalized spacial score (nSPS) is 13.2. The van der Waals surface area contributed by atoms with Gasteiger partial charge in [0, 0.05) is 22.7 Å². The maximum absolute atomic E-state index is 13.0. The predicted molar refractivity (Wildman–Crippen MR) is 109 cm³/mol. The molecule has 1 fully saturated rings. The number of rotatable bonds is 7. The lowest BCUT2D eigenvalue weighted by atomic mass is 10.1. The number of amides is 1. The summed E-state index contributed by atoms with van der Waals surface area (Å²) in [7, 11) is 3.20. The number of nitrogens with zero attached hydrogens (tertiary/aromatic N) is 2. The zero-order valence-electron chi connectivity index (χ0n) is 16.2. The van der Waals surface area contributed by atoms with Crippen LogP contribution in [0.15, 0.2) is 53.1 Å². The highest BCUT2D eigenvalue weighted by atomic mass is 35.5. The van der Waals surface area contributed by atoms with Crippen molar-refractivity contribution >= 4 is 17.5 Å². The Morgan fingerprint density at radius 1 is 1.14 bits per heavy atom. The molecule has 1 amide bonds. The minimum absolute atomic E-state index is 0.0346. The number of carbonyl (C=O) groups is 1. The van der Waals surface area contributed by atoms with E-state index in [1.807, 2.05) is 29.2 Å². The first-order valence-electron chi connectivity index (χ1n) is 9.33. The maximum Gasteiger partial charge on any atom is 0.254 e. The Kier molecular flexibility index (Phi) is 5.45. The number of ether oxygens (including phenoxy) is 2. The van der Waals surface area contributed by atoms with Gasteiger partial charge < -0.3 is 18.9 Å². The summed E-state index contributed by atoms with van der Waals surface area (Å²) < 4.78 is 16.3. The van der Waals surface area contributed by atoms with Crippen molar-refractivity contribution < 1.29 is 18.8 Å². The molecular weight excluding hydrogens is 392 g/mol. The second-order valence-electron chi connectivity index (χ2n) is 6.92. The highest BCUT2D eigenvalue weighted by molar-refractivity contribution is 6.30. The van der Waals surface area contributed by atoms with Gasteiger partial charge in [-0.15, -0.1) is 0 Å². The molecular formula is C22H21ClN2O4. The summed E-state index contributed by atoms with van der Waals surface area (Å²) in [5.74, 6) is 1.87. The zero-order chi connectivity index (χ0) is 20.4. The van der Waals surface area contributed by atoms with E-state index in [0.717, 1.165) is 18.4 Å². The summed E-state index contributed by atoms with van der Waals surface area (Å²) in [6, 6.07) is 14.5. The molecule has 4 rings (SSSR count). The number of hydrogen-bond acceptors (Lipinski definition) is 5. The molecule has 0 saturated heterocycles. The second-order valence-corrected chi connectivity index (χ2v) is 7.36. The molecule has 1 heterocycles. The average Bonchev–Trinajstić information content (AvgIpc) is 3.49. The molecule has 3 aromatic rings. The monoisotopic (exact) mass is 412 g/mol. The fraction of sp³-hybridized carbons (Fsp3) is 0.273. The van der Waals surface area contributed by atoms with Crippen LogP contribution in [0.5, 0.6) is 11.5 Å². The van der Waals surface area contributed by atoms with Gasteiger partial charge in [0.1, 0.15) is 17.2 Å². The third-order valence-electron chi connectivity index (χ3n) is 4.90. The van der Waals surface area contributed by atoms with E-state index in [4.69, 9.17) is 25.6 Å². The summed E-state index contributed by atoms with van der Waals surface area (Å²) in [4.78, 5) is 14.8. The quantitative estimate of drug-likeness (QED) is 0.556. The lowest BCUT2D eigenvalue weighted by Gasteiger charge is -2.21. The number of methoxy groups -OCH3 is 2. The Morgan fingerprint density at radius 3 is 2.55 bits per heavy atom. The van der Waals surface area contributed by atoms with Crippen molar-refractivity contribution in [1.82, 2.24) is 10.1 Å². The fourth-order valence-electron chi connectivity index (χ4n) is 3.21. The maximum atomic E-state index is 13.0. The molecule has 0 bridgehead atoms. The van der Waals surface area contributed by atoms with Crippen LogP contribution in [-0.4, -0.2) is 36.2 Å². The number of benzene rings is 2. The van der Waals surface area contributed by atoms with Crippen LogP contribution in [0.25, 0.3) is 11.3 Å². The van der Waals surface area contributed by atoms with Crippen molar-refractivity contribution in [3.05, 3.63) is 64.8 Å². The molecule has 29 heavy (non-hydrogen) atoms. The second kappa shape index (κ2) is 8.17. The van der Waals surface area contributed by atoms with Gasteiger partial charge in [0.15, 0.2) is 5.76 Å². The molecule has 0 unspecified atom stereocenters. The van der Waals surface area contributed by atoms with E-state index >= 15 is 0 Å². The van der Waals surface area contributed by atoms with E-state index in [9.17, 15) is 4.79 Å². The molecule has 0 atom stereocenters. The van der Waals surface area contributed by atoms with Gasteiger partial charge >= 0.3 is 0 Å². The summed E-state index contributed by atoms with van der Waals surface area (Å²) in [5, 5.41) is 4.78. The van der Waals surface area contributed by atoms with Crippen LogP contribution in [0.3, 0.4) is 0 Å². The Labute approximate surface area is 174 Å². The van der Waals surface area contributed by atoms with E-state index in [-0.39, 0.29) is 11.9 Å². The van der Waals surface area contributed by atoms with Crippen molar-refractivity contribution in [2.24, 2.45) is 0 Å².